The van der Waals surface area contributed by atoms with Crippen LogP contribution in [0.25, 0.3) is 0 Å². The number of rotatable bonds is 8. The van der Waals surface area contributed by atoms with E-state index in [2.05, 4.69) is 4.72 Å². The first-order chi connectivity index (χ1) is 7.38. The van der Waals surface area contributed by atoms with E-state index in [0.29, 0.717) is 19.0 Å². The number of nitrogens with zero attached hydrogens (tertiary/aromatic N) is 1. The van der Waals surface area contributed by atoms with Crippen molar-refractivity contribution in [2.75, 3.05) is 32.9 Å². The fourth-order valence-corrected chi connectivity index (χ4v) is 2.16. The van der Waals surface area contributed by atoms with Crippen LogP contribution in [0.4, 0.5) is 0 Å². The topological polar surface area (TPSA) is 69.6 Å². The third-order valence-electron chi connectivity index (χ3n) is 2.75. The lowest BCUT2D eigenvalue weighted by Crippen LogP contribution is -2.33. The van der Waals surface area contributed by atoms with Gasteiger partial charge in [-0.15, -0.1) is 0 Å². The molecule has 0 spiro atoms. The molecule has 0 saturated heterocycles. The van der Waals surface area contributed by atoms with Crippen LogP contribution in [-0.4, -0.2) is 57.5 Å². The first kappa shape index (κ1) is 13.9. The lowest BCUT2D eigenvalue weighted by molar-refractivity contribution is 0.106. The largest absolute Gasteiger partial charge is 0.392 e. The van der Waals surface area contributed by atoms with E-state index in [4.69, 9.17) is 0 Å². The number of sulfonamides is 1. The van der Waals surface area contributed by atoms with Gasteiger partial charge < -0.3 is 10.0 Å². The lowest BCUT2D eigenvalue weighted by atomic mass is 10.2. The van der Waals surface area contributed by atoms with E-state index in [1.54, 1.807) is 0 Å². The summed E-state index contributed by atoms with van der Waals surface area (Å²) >= 11 is 0. The second-order valence-corrected chi connectivity index (χ2v) is 6.52. The van der Waals surface area contributed by atoms with Gasteiger partial charge in [0.25, 0.3) is 0 Å². The molecular weight excluding hydrogens is 228 g/mol. The van der Waals surface area contributed by atoms with Gasteiger partial charge in [-0.05, 0) is 38.8 Å². The van der Waals surface area contributed by atoms with Gasteiger partial charge in [0, 0.05) is 13.1 Å². The number of likely N-dealkylation sites (N-methyl/N-ethyl adjacent to an activating group) is 1. The molecular formula is C10H22N2O3S. The predicted molar refractivity (Wildman–Crippen MR) is 63.7 cm³/mol. The van der Waals surface area contributed by atoms with Gasteiger partial charge in [0.1, 0.15) is 0 Å². The summed E-state index contributed by atoms with van der Waals surface area (Å²) in [4.78, 5) is 2.05. The highest BCUT2D eigenvalue weighted by Gasteiger charge is 2.29. The normalized spacial score (nSPS) is 19.0. The molecule has 2 N–H and O–H groups in total. The van der Waals surface area contributed by atoms with Crippen LogP contribution in [0, 0.1) is 5.92 Å². The highest BCUT2D eigenvalue weighted by molar-refractivity contribution is 7.88. The maximum absolute atomic E-state index is 10.8. The molecule has 16 heavy (non-hydrogen) atoms. The maximum atomic E-state index is 10.8. The predicted octanol–water partition coefficient (Wildman–Crippen LogP) is -0.372. The van der Waals surface area contributed by atoms with Crippen LogP contribution in [0.3, 0.4) is 0 Å². The Balaban J connectivity index is 2.03. The van der Waals surface area contributed by atoms with Gasteiger partial charge in [-0.1, -0.05) is 0 Å². The van der Waals surface area contributed by atoms with E-state index in [-0.39, 0.29) is 6.10 Å². The molecule has 0 aromatic rings. The SMILES string of the molecule is CN(CCCNS(C)(=O)=O)CC(O)C1CC1. The van der Waals surface area contributed by atoms with Crippen LogP contribution in [0.15, 0.2) is 0 Å². The minimum atomic E-state index is -3.07. The van der Waals surface area contributed by atoms with Crippen molar-refractivity contribution in [3.63, 3.8) is 0 Å². The Hall–Kier alpha value is -0.170. The molecule has 0 radical (unpaired) electrons. The average molecular weight is 250 g/mol. The number of hydrogen-bond acceptors (Lipinski definition) is 4. The summed E-state index contributed by atoms with van der Waals surface area (Å²) in [5.74, 6) is 0.497. The van der Waals surface area contributed by atoms with E-state index < -0.39 is 10.0 Å². The Bertz CT molecular complexity index is 301. The molecule has 0 aromatic heterocycles. The summed E-state index contributed by atoms with van der Waals surface area (Å²) in [5.41, 5.74) is 0. The van der Waals surface area contributed by atoms with Crippen LogP contribution in [0.5, 0.6) is 0 Å². The number of aliphatic hydroxyl groups is 1. The van der Waals surface area contributed by atoms with Gasteiger partial charge in [0.05, 0.1) is 12.4 Å². The van der Waals surface area contributed by atoms with Crippen molar-refractivity contribution in [3.05, 3.63) is 0 Å². The maximum Gasteiger partial charge on any atom is 0.208 e. The molecule has 1 unspecified atom stereocenters. The summed E-state index contributed by atoms with van der Waals surface area (Å²) in [6, 6.07) is 0. The van der Waals surface area contributed by atoms with E-state index in [1.807, 2.05) is 11.9 Å². The Morgan fingerprint density at radius 1 is 1.50 bits per heavy atom. The standard InChI is InChI=1S/C10H22N2O3S/c1-12(8-10(13)9-4-5-9)7-3-6-11-16(2,14)15/h9-11,13H,3-8H2,1-2H3. The molecule has 5 nitrogen and oxygen atoms in total. The van der Waals surface area contributed by atoms with Gasteiger partial charge in [0.15, 0.2) is 0 Å². The zero-order chi connectivity index (χ0) is 12.2. The summed E-state index contributed by atoms with van der Waals surface area (Å²) in [7, 11) is -1.12. The van der Waals surface area contributed by atoms with Gasteiger partial charge >= 0.3 is 0 Å². The van der Waals surface area contributed by atoms with Gasteiger partial charge in [0.2, 0.25) is 10.0 Å². The molecule has 96 valence electrons. The fraction of sp³-hybridized carbons (Fsp3) is 1.00. The third kappa shape index (κ3) is 6.42. The van der Waals surface area contributed by atoms with Crippen molar-refractivity contribution < 1.29 is 13.5 Å². The number of hydrogen-bond donors (Lipinski definition) is 2. The zero-order valence-corrected chi connectivity index (χ0v) is 10.8. The van der Waals surface area contributed by atoms with Crippen molar-refractivity contribution in [1.29, 1.82) is 0 Å². The average Bonchev–Trinajstić information content (AvgIpc) is 2.93. The van der Waals surface area contributed by atoms with E-state index in [0.717, 1.165) is 32.1 Å². The summed E-state index contributed by atoms with van der Waals surface area (Å²) < 4.78 is 24.0. The fourth-order valence-electron chi connectivity index (χ4n) is 1.65. The van der Waals surface area contributed by atoms with E-state index in [9.17, 15) is 13.5 Å². The van der Waals surface area contributed by atoms with E-state index in [1.165, 1.54) is 0 Å². The highest BCUT2D eigenvalue weighted by atomic mass is 32.2. The molecule has 1 saturated carbocycles. The minimum absolute atomic E-state index is 0.215. The first-order valence-electron chi connectivity index (χ1n) is 5.70. The number of nitrogens with one attached hydrogen (secondary N) is 1. The van der Waals surface area contributed by atoms with Crippen LogP contribution < -0.4 is 4.72 Å². The van der Waals surface area contributed by atoms with Gasteiger partial charge in [-0.25, -0.2) is 13.1 Å². The van der Waals surface area contributed by atoms with Crippen LogP contribution >= 0.6 is 0 Å². The summed E-state index contributed by atoms with van der Waals surface area (Å²) in [6.45, 7) is 1.94. The third-order valence-corrected chi connectivity index (χ3v) is 3.47. The quantitative estimate of drug-likeness (QED) is 0.577. The monoisotopic (exact) mass is 250 g/mol. The van der Waals surface area contributed by atoms with E-state index >= 15 is 0 Å². The van der Waals surface area contributed by atoms with Crippen molar-refractivity contribution in [3.8, 4) is 0 Å². The van der Waals surface area contributed by atoms with Crippen molar-refractivity contribution in [1.82, 2.24) is 9.62 Å². The Labute approximate surface area is 97.9 Å². The van der Waals surface area contributed by atoms with Crippen LogP contribution in [0.1, 0.15) is 19.3 Å². The Morgan fingerprint density at radius 2 is 2.12 bits per heavy atom. The van der Waals surface area contributed by atoms with Crippen molar-refractivity contribution >= 4 is 10.0 Å². The molecule has 1 fully saturated rings. The Morgan fingerprint density at radius 3 is 2.62 bits per heavy atom. The van der Waals surface area contributed by atoms with Gasteiger partial charge in [-0.2, -0.15) is 0 Å². The summed E-state index contributed by atoms with van der Waals surface area (Å²) in [6.07, 6.45) is 4.00. The molecule has 0 aromatic carbocycles. The molecule has 0 aliphatic heterocycles. The second kappa shape index (κ2) is 5.95. The Kier molecular flexibility index (Phi) is 5.17. The smallest absolute Gasteiger partial charge is 0.208 e. The highest BCUT2D eigenvalue weighted by Crippen LogP contribution is 2.32. The number of aliphatic hydroxyl groups excluding tert-OH is 1. The van der Waals surface area contributed by atoms with Crippen LogP contribution in [0.2, 0.25) is 0 Å². The molecule has 1 atom stereocenters. The molecule has 0 bridgehead atoms. The molecule has 1 aliphatic carbocycles. The molecule has 6 heteroatoms. The van der Waals surface area contributed by atoms with Crippen molar-refractivity contribution in [2.45, 2.75) is 25.4 Å². The molecule has 1 aliphatic rings. The van der Waals surface area contributed by atoms with Gasteiger partial charge in [-0.3, -0.25) is 0 Å². The summed E-state index contributed by atoms with van der Waals surface area (Å²) in [5, 5.41) is 9.69. The van der Waals surface area contributed by atoms with Crippen molar-refractivity contribution in [2.24, 2.45) is 5.92 Å². The van der Waals surface area contributed by atoms with Crippen LogP contribution in [-0.2, 0) is 10.0 Å². The minimum Gasteiger partial charge on any atom is -0.392 e. The second-order valence-electron chi connectivity index (χ2n) is 4.69. The molecule has 0 heterocycles. The first-order valence-corrected chi connectivity index (χ1v) is 7.59. The lowest BCUT2D eigenvalue weighted by Gasteiger charge is -2.20. The zero-order valence-electron chi connectivity index (χ0n) is 10.0. The molecule has 0 amide bonds. The molecule has 1 rings (SSSR count).